The molecule has 0 aliphatic carbocycles. The Bertz CT molecular complexity index is 650. The molecule has 0 fully saturated rings. The fourth-order valence-electron chi connectivity index (χ4n) is 2.56. The quantitative estimate of drug-likeness (QED) is 0.474. The number of hydrogen-bond acceptors (Lipinski definition) is 5. The molecule has 0 saturated heterocycles. The van der Waals surface area contributed by atoms with Crippen LogP contribution in [0.3, 0.4) is 0 Å². The van der Waals surface area contributed by atoms with Gasteiger partial charge in [0.1, 0.15) is 5.82 Å². The molecule has 146 valence electrons. The molecule has 0 radical (unpaired) electrons. The van der Waals surface area contributed by atoms with Crippen molar-refractivity contribution in [2.24, 2.45) is 0 Å². The van der Waals surface area contributed by atoms with Gasteiger partial charge in [0.25, 0.3) is 10.1 Å². The number of imidazole rings is 1. The van der Waals surface area contributed by atoms with Crippen LogP contribution in [0, 0.1) is 0 Å². The maximum atomic E-state index is 11.3. The van der Waals surface area contributed by atoms with Gasteiger partial charge >= 0.3 is 0 Å². The highest BCUT2D eigenvalue weighted by Gasteiger charge is 2.40. The molecule has 0 aliphatic heterocycles. The molecule has 0 amide bonds. The van der Waals surface area contributed by atoms with Gasteiger partial charge in [-0.3, -0.25) is 4.18 Å². The topological polar surface area (TPSA) is 70.4 Å². The summed E-state index contributed by atoms with van der Waals surface area (Å²) < 4.78 is 36.2. The summed E-state index contributed by atoms with van der Waals surface area (Å²) in [6.45, 7) is 15.3. The van der Waals surface area contributed by atoms with Crippen LogP contribution in [0.2, 0.25) is 18.1 Å². The first-order valence-corrected chi connectivity index (χ1v) is 13.5. The highest BCUT2D eigenvalue weighted by molar-refractivity contribution is 7.85. The zero-order chi connectivity index (χ0) is 19.5. The standard InChI is InChI=1S/C17H34N2O4SSi/c1-9-16-18-11-12-19(16)15(10-13-22-24(6,20)21)14(2)23-25(7,8)17(3,4)5/h11-12,14-15H,9-10,13H2,1-8H3/t14-,15+/m0/s1. The molecular formula is C17H34N2O4SSi. The maximum absolute atomic E-state index is 11.3. The van der Waals surface area contributed by atoms with Crippen LogP contribution in [0.1, 0.15) is 52.9 Å². The molecular weight excluding hydrogens is 356 g/mol. The Morgan fingerprint density at radius 2 is 1.92 bits per heavy atom. The molecule has 1 heterocycles. The maximum Gasteiger partial charge on any atom is 0.264 e. The smallest absolute Gasteiger partial charge is 0.264 e. The molecule has 8 heteroatoms. The monoisotopic (exact) mass is 390 g/mol. The van der Waals surface area contributed by atoms with Crippen LogP contribution in [-0.2, 0) is 25.1 Å². The van der Waals surface area contributed by atoms with Crippen molar-refractivity contribution in [1.82, 2.24) is 9.55 Å². The lowest BCUT2D eigenvalue weighted by atomic mass is 10.1. The first-order valence-electron chi connectivity index (χ1n) is 8.82. The molecule has 2 atom stereocenters. The molecule has 6 nitrogen and oxygen atoms in total. The van der Waals surface area contributed by atoms with Crippen LogP contribution in [0.4, 0.5) is 0 Å². The van der Waals surface area contributed by atoms with Gasteiger partial charge in [0.15, 0.2) is 8.32 Å². The minimum Gasteiger partial charge on any atom is -0.412 e. The highest BCUT2D eigenvalue weighted by atomic mass is 32.2. The first-order chi connectivity index (χ1) is 11.3. The number of aromatic nitrogens is 2. The SMILES string of the molecule is CCc1nccn1[C@H](CCOS(C)(=O)=O)[C@H](C)O[Si](C)(C)C(C)(C)C. The van der Waals surface area contributed by atoms with E-state index in [1.807, 2.05) is 6.20 Å². The molecule has 1 aromatic heterocycles. The van der Waals surface area contributed by atoms with Gasteiger partial charge in [0, 0.05) is 18.8 Å². The lowest BCUT2D eigenvalue weighted by Gasteiger charge is -2.40. The van der Waals surface area contributed by atoms with E-state index < -0.39 is 18.4 Å². The van der Waals surface area contributed by atoms with Crippen LogP contribution in [-0.4, -0.2) is 45.3 Å². The lowest BCUT2D eigenvalue weighted by molar-refractivity contribution is 0.119. The van der Waals surface area contributed by atoms with E-state index in [2.05, 4.69) is 57.3 Å². The summed E-state index contributed by atoms with van der Waals surface area (Å²) in [7, 11) is -5.38. The Labute approximate surface area is 154 Å². The van der Waals surface area contributed by atoms with Gasteiger partial charge in [0.05, 0.1) is 25.0 Å². The normalized spacial score (nSPS) is 16.0. The molecule has 0 bridgehead atoms. The molecule has 0 aromatic carbocycles. The summed E-state index contributed by atoms with van der Waals surface area (Å²) in [5, 5.41) is 0.109. The average molecular weight is 391 g/mol. The Kier molecular flexibility index (Phi) is 7.44. The highest BCUT2D eigenvalue weighted by Crippen LogP contribution is 2.39. The van der Waals surface area contributed by atoms with Gasteiger partial charge in [-0.2, -0.15) is 8.42 Å². The third kappa shape index (κ3) is 6.51. The van der Waals surface area contributed by atoms with E-state index in [4.69, 9.17) is 8.61 Å². The summed E-state index contributed by atoms with van der Waals surface area (Å²) in [6, 6.07) is -0.0201. The van der Waals surface area contributed by atoms with Crippen molar-refractivity contribution < 1.29 is 17.0 Å². The zero-order valence-corrected chi connectivity index (χ0v) is 18.7. The molecule has 0 aliphatic rings. The second-order valence-electron chi connectivity index (χ2n) is 8.07. The predicted octanol–water partition coefficient (Wildman–Crippen LogP) is 3.76. The Morgan fingerprint density at radius 1 is 1.32 bits per heavy atom. The zero-order valence-electron chi connectivity index (χ0n) is 16.9. The van der Waals surface area contributed by atoms with E-state index in [-0.39, 0.29) is 23.8 Å². The Hall–Kier alpha value is -0.703. The third-order valence-electron chi connectivity index (χ3n) is 4.96. The van der Waals surface area contributed by atoms with Crippen molar-refractivity contribution in [2.75, 3.05) is 12.9 Å². The van der Waals surface area contributed by atoms with Gasteiger partial charge in [-0.1, -0.05) is 27.7 Å². The molecule has 1 rings (SSSR count). The number of hydrogen-bond donors (Lipinski definition) is 0. The number of nitrogens with zero attached hydrogens (tertiary/aromatic N) is 2. The van der Waals surface area contributed by atoms with Crippen LogP contribution in [0.25, 0.3) is 0 Å². The van der Waals surface area contributed by atoms with Gasteiger partial charge in [-0.25, -0.2) is 4.98 Å². The molecule has 1 aromatic rings. The molecule has 0 unspecified atom stereocenters. The van der Waals surface area contributed by atoms with Gasteiger partial charge in [-0.05, 0) is 31.5 Å². The summed E-state index contributed by atoms with van der Waals surface area (Å²) in [5.74, 6) is 0.968. The van der Waals surface area contributed by atoms with E-state index in [0.717, 1.165) is 18.5 Å². The summed E-state index contributed by atoms with van der Waals surface area (Å²) in [4.78, 5) is 4.40. The van der Waals surface area contributed by atoms with Crippen molar-refractivity contribution in [2.45, 2.75) is 77.7 Å². The van der Waals surface area contributed by atoms with Gasteiger partial charge in [-0.15, -0.1) is 0 Å². The van der Waals surface area contributed by atoms with Crippen molar-refractivity contribution in [1.29, 1.82) is 0 Å². The molecule has 25 heavy (non-hydrogen) atoms. The third-order valence-corrected chi connectivity index (χ3v) is 10.1. The second kappa shape index (κ2) is 8.33. The number of aryl methyl sites for hydroxylation is 1. The van der Waals surface area contributed by atoms with Gasteiger partial charge in [0.2, 0.25) is 0 Å². The van der Waals surface area contributed by atoms with Crippen molar-refractivity contribution >= 4 is 18.4 Å². The molecule has 0 N–H and O–H groups in total. The van der Waals surface area contributed by atoms with E-state index in [1.165, 1.54) is 0 Å². The van der Waals surface area contributed by atoms with E-state index in [1.54, 1.807) is 6.20 Å². The van der Waals surface area contributed by atoms with Crippen LogP contribution < -0.4 is 0 Å². The van der Waals surface area contributed by atoms with Crippen LogP contribution >= 0.6 is 0 Å². The first kappa shape index (κ1) is 22.3. The molecule has 0 spiro atoms. The fourth-order valence-corrected chi connectivity index (χ4v) is 4.40. The average Bonchev–Trinajstić information content (AvgIpc) is 2.88. The van der Waals surface area contributed by atoms with E-state index in [0.29, 0.717) is 6.42 Å². The second-order valence-corrected chi connectivity index (χ2v) is 14.5. The minimum atomic E-state index is -3.45. The minimum absolute atomic E-state index is 0.0201. The van der Waals surface area contributed by atoms with E-state index in [9.17, 15) is 8.42 Å². The summed E-state index contributed by atoms with van der Waals surface area (Å²) in [6.07, 6.45) is 6.09. The largest absolute Gasteiger partial charge is 0.412 e. The Morgan fingerprint density at radius 3 is 2.40 bits per heavy atom. The van der Waals surface area contributed by atoms with Crippen molar-refractivity contribution in [3.05, 3.63) is 18.2 Å². The Balaban J connectivity index is 3.01. The summed E-state index contributed by atoms with van der Waals surface area (Å²) in [5.41, 5.74) is 0. The molecule has 0 saturated carbocycles. The van der Waals surface area contributed by atoms with Crippen LogP contribution in [0.5, 0.6) is 0 Å². The van der Waals surface area contributed by atoms with Gasteiger partial charge < -0.3 is 8.99 Å². The van der Waals surface area contributed by atoms with Crippen molar-refractivity contribution in [3.63, 3.8) is 0 Å². The predicted molar refractivity (Wildman–Crippen MR) is 104 cm³/mol. The van der Waals surface area contributed by atoms with Crippen LogP contribution in [0.15, 0.2) is 12.4 Å². The number of rotatable bonds is 9. The summed E-state index contributed by atoms with van der Waals surface area (Å²) >= 11 is 0. The van der Waals surface area contributed by atoms with E-state index >= 15 is 0 Å². The lowest BCUT2D eigenvalue weighted by Crippen LogP contribution is -2.45. The van der Waals surface area contributed by atoms with Crippen molar-refractivity contribution in [3.8, 4) is 0 Å². The fraction of sp³-hybridized carbons (Fsp3) is 0.824.